The van der Waals surface area contributed by atoms with Gasteiger partial charge in [-0.25, -0.2) is 0 Å². The first kappa shape index (κ1) is 14.8. The Morgan fingerprint density at radius 1 is 1.23 bits per heavy atom. The minimum absolute atomic E-state index is 0.346. The fraction of sp³-hybridized carbons (Fsp3) is 0.429. The molecule has 3 rings (SSSR count). The molecule has 2 aliphatic rings. The average molecular weight is 314 g/mol. The molecule has 2 saturated heterocycles. The molecule has 2 fully saturated rings. The molecule has 0 aliphatic carbocycles. The number of piperazine rings is 1. The van der Waals surface area contributed by atoms with Crippen molar-refractivity contribution < 1.29 is 27.5 Å². The average Bonchev–Trinajstić information content (AvgIpc) is 2.86. The van der Waals surface area contributed by atoms with Crippen molar-refractivity contribution in [2.24, 2.45) is 0 Å². The van der Waals surface area contributed by atoms with Crippen LogP contribution in [0.2, 0.25) is 0 Å². The molecule has 0 aromatic heterocycles. The van der Waals surface area contributed by atoms with E-state index in [0.29, 0.717) is 18.5 Å². The predicted octanol–water partition coefficient (Wildman–Crippen LogP) is 1.75. The van der Waals surface area contributed by atoms with E-state index in [1.807, 2.05) is 0 Å². The highest BCUT2D eigenvalue weighted by Crippen LogP contribution is 2.34. The van der Waals surface area contributed by atoms with E-state index in [9.17, 15) is 22.8 Å². The van der Waals surface area contributed by atoms with Crippen LogP contribution in [0.15, 0.2) is 24.3 Å². The third kappa shape index (κ3) is 2.78. The van der Waals surface area contributed by atoms with Crippen molar-refractivity contribution in [1.82, 2.24) is 10.2 Å². The normalized spacial score (nSPS) is 25.8. The second kappa shape index (κ2) is 5.28. The summed E-state index contributed by atoms with van der Waals surface area (Å²) >= 11 is 0. The summed E-state index contributed by atoms with van der Waals surface area (Å²) in [6, 6.07) is 4.12. The molecule has 2 amide bonds. The van der Waals surface area contributed by atoms with Crippen LogP contribution in [0, 0.1) is 0 Å². The van der Waals surface area contributed by atoms with Crippen molar-refractivity contribution in [3.05, 3.63) is 29.8 Å². The van der Waals surface area contributed by atoms with Crippen LogP contribution in [0.25, 0.3) is 0 Å². The number of carbonyl (C=O) groups excluding carboxylic acids is 2. The number of hydrogen-bond acceptors (Lipinski definition) is 4. The van der Waals surface area contributed by atoms with Crippen molar-refractivity contribution in [3.8, 4) is 5.75 Å². The molecule has 22 heavy (non-hydrogen) atoms. The predicted molar refractivity (Wildman–Crippen MR) is 68.7 cm³/mol. The van der Waals surface area contributed by atoms with Crippen LogP contribution < -0.4 is 10.1 Å². The van der Waals surface area contributed by atoms with E-state index >= 15 is 0 Å². The molecule has 1 aromatic rings. The summed E-state index contributed by atoms with van der Waals surface area (Å²) < 4.78 is 40.8. The van der Waals surface area contributed by atoms with Gasteiger partial charge in [0.15, 0.2) is 0 Å². The Balaban J connectivity index is 1.91. The Kier molecular flexibility index (Phi) is 3.56. The van der Waals surface area contributed by atoms with E-state index in [1.165, 1.54) is 18.2 Å². The fourth-order valence-electron chi connectivity index (χ4n) is 3.03. The second-order valence-corrected chi connectivity index (χ2v) is 5.27. The summed E-state index contributed by atoms with van der Waals surface area (Å²) in [6.45, 7) is 0.554. The summed E-state index contributed by atoms with van der Waals surface area (Å²) in [4.78, 5) is 25.6. The maximum absolute atomic E-state index is 12.3. The quantitative estimate of drug-likeness (QED) is 0.845. The molecule has 8 heteroatoms. The van der Waals surface area contributed by atoms with Gasteiger partial charge in [-0.15, -0.1) is 13.2 Å². The molecular weight excluding hydrogens is 301 g/mol. The Labute approximate surface area is 124 Å². The lowest BCUT2D eigenvalue weighted by molar-refractivity contribution is -0.274. The Morgan fingerprint density at radius 2 is 2.00 bits per heavy atom. The first-order valence-electron chi connectivity index (χ1n) is 6.81. The van der Waals surface area contributed by atoms with Crippen LogP contribution in [0.4, 0.5) is 13.2 Å². The minimum Gasteiger partial charge on any atom is -0.406 e. The SMILES string of the molecule is O=C1NC(=O)[C@@H]2CCCN2[C@H]1c1cccc(OC(F)(F)F)c1. The van der Waals surface area contributed by atoms with E-state index < -0.39 is 24.4 Å². The lowest BCUT2D eigenvalue weighted by Crippen LogP contribution is -2.56. The number of carbonyl (C=O) groups is 2. The van der Waals surface area contributed by atoms with Crippen LogP contribution in [0.5, 0.6) is 5.75 Å². The highest BCUT2D eigenvalue weighted by molar-refractivity contribution is 6.03. The third-order valence-corrected chi connectivity index (χ3v) is 3.83. The van der Waals surface area contributed by atoms with Crippen molar-refractivity contribution in [2.45, 2.75) is 31.3 Å². The topological polar surface area (TPSA) is 58.6 Å². The van der Waals surface area contributed by atoms with Gasteiger partial charge in [0.25, 0.3) is 0 Å². The van der Waals surface area contributed by atoms with Gasteiger partial charge < -0.3 is 4.74 Å². The van der Waals surface area contributed by atoms with E-state index in [1.54, 1.807) is 11.0 Å². The van der Waals surface area contributed by atoms with Gasteiger partial charge in [0.2, 0.25) is 11.8 Å². The van der Waals surface area contributed by atoms with Crippen LogP contribution >= 0.6 is 0 Å². The van der Waals surface area contributed by atoms with Gasteiger partial charge in [0.05, 0.1) is 6.04 Å². The van der Waals surface area contributed by atoms with Gasteiger partial charge in [-0.1, -0.05) is 12.1 Å². The summed E-state index contributed by atoms with van der Waals surface area (Å²) in [5.41, 5.74) is 0.374. The smallest absolute Gasteiger partial charge is 0.406 e. The lowest BCUT2D eigenvalue weighted by Gasteiger charge is -2.35. The van der Waals surface area contributed by atoms with Crippen LogP contribution in [0.3, 0.4) is 0 Å². The number of benzene rings is 1. The van der Waals surface area contributed by atoms with Crippen LogP contribution in [0.1, 0.15) is 24.4 Å². The zero-order valence-corrected chi connectivity index (χ0v) is 11.4. The van der Waals surface area contributed by atoms with E-state index in [2.05, 4.69) is 10.1 Å². The molecule has 0 unspecified atom stereocenters. The van der Waals surface area contributed by atoms with Gasteiger partial charge in [-0.2, -0.15) is 0 Å². The van der Waals surface area contributed by atoms with Crippen molar-refractivity contribution in [1.29, 1.82) is 0 Å². The maximum atomic E-state index is 12.3. The zero-order valence-electron chi connectivity index (χ0n) is 11.4. The van der Waals surface area contributed by atoms with Crippen molar-refractivity contribution in [3.63, 3.8) is 0 Å². The number of nitrogens with zero attached hydrogens (tertiary/aromatic N) is 1. The largest absolute Gasteiger partial charge is 0.573 e. The molecule has 0 bridgehead atoms. The van der Waals surface area contributed by atoms with Gasteiger partial charge in [-0.05, 0) is 30.5 Å². The number of fused-ring (bicyclic) bond motifs is 1. The molecule has 118 valence electrons. The number of hydrogen-bond donors (Lipinski definition) is 1. The molecule has 1 N–H and O–H groups in total. The standard InChI is InChI=1S/C14H13F3N2O3/c15-14(16,17)22-9-4-1-3-8(7-9)11-13(21)18-12(20)10-5-2-6-19(10)11/h1,3-4,7,10-11H,2,5-6H2,(H,18,20,21)/t10-,11-/m0/s1. The minimum atomic E-state index is -4.79. The van der Waals surface area contributed by atoms with E-state index in [4.69, 9.17) is 0 Å². The Bertz CT molecular complexity index is 618. The highest BCUT2D eigenvalue weighted by atomic mass is 19.4. The third-order valence-electron chi connectivity index (χ3n) is 3.83. The second-order valence-electron chi connectivity index (χ2n) is 5.27. The lowest BCUT2D eigenvalue weighted by atomic mass is 10.00. The number of ether oxygens (including phenoxy) is 1. The molecule has 5 nitrogen and oxygen atoms in total. The highest BCUT2D eigenvalue weighted by Gasteiger charge is 2.44. The van der Waals surface area contributed by atoms with Crippen molar-refractivity contribution >= 4 is 11.8 Å². The molecular formula is C14H13F3N2O3. The summed E-state index contributed by atoms with van der Waals surface area (Å²) in [5.74, 6) is -1.25. The molecule has 2 heterocycles. The number of alkyl halides is 3. The van der Waals surface area contributed by atoms with Gasteiger partial charge in [-0.3, -0.25) is 19.8 Å². The molecule has 0 spiro atoms. The van der Waals surface area contributed by atoms with E-state index in [-0.39, 0.29) is 11.7 Å². The number of amides is 2. The summed E-state index contributed by atoms with van der Waals surface area (Å²) in [5, 5.41) is 2.28. The van der Waals surface area contributed by atoms with Crippen LogP contribution in [-0.4, -0.2) is 35.7 Å². The van der Waals surface area contributed by atoms with Gasteiger partial charge >= 0.3 is 6.36 Å². The first-order valence-corrected chi connectivity index (χ1v) is 6.81. The van der Waals surface area contributed by atoms with Gasteiger partial charge in [0.1, 0.15) is 11.8 Å². The zero-order chi connectivity index (χ0) is 15.9. The molecule has 2 aliphatic heterocycles. The van der Waals surface area contributed by atoms with E-state index in [0.717, 1.165) is 6.42 Å². The fourth-order valence-corrected chi connectivity index (χ4v) is 3.03. The van der Waals surface area contributed by atoms with Gasteiger partial charge in [0, 0.05) is 6.54 Å². The number of rotatable bonds is 2. The molecule has 0 radical (unpaired) electrons. The molecule has 0 saturated carbocycles. The van der Waals surface area contributed by atoms with Crippen molar-refractivity contribution in [2.75, 3.05) is 6.54 Å². The molecule has 1 aromatic carbocycles. The number of halogens is 3. The maximum Gasteiger partial charge on any atom is 0.573 e. The Morgan fingerprint density at radius 3 is 2.73 bits per heavy atom. The number of nitrogens with one attached hydrogen (secondary N) is 1. The first-order chi connectivity index (χ1) is 10.3. The Hall–Kier alpha value is -2.09. The monoisotopic (exact) mass is 314 g/mol. The molecule has 2 atom stereocenters. The van der Waals surface area contributed by atoms with Crippen LogP contribution in [-0.2, 0) is 9.59 Å². The number of imide groups is 1. The summed E-state index contributed by atoms with van der Waals surface area (Å²) in [6.07, 6.45) is -3.39. The summed E-state index contributed by atoms with van der Waals surface area (Å²) in [7, 11) is 0.